The molecule has 0 radical (unpaired) electrons. The van der Waals surface area contributed by atoms with Gasteiger partial charge in [-0.15, -0.1) is 0 Å². The van der Waals surface area contributed by atoms with Crippen molar-refractivity contribution in [3.63, 3.8) is 0 Å². The summed E-state index contributed by atoms with van der Waals surface area (Å²) >= 11 is 0. The maximum absolute atomic E-state index is 13.7. The highest BCUT2D eigenvalue weighted by molar-refractivity contribution is 5.91. The maximum Gasteiger partial charge on any atom is 0.227 e. The summed E-state index contributed by atoms with van der Waals surface area (Å²) in [6.45, 7) is 0. The van der Waals surface area contributed by atoms with Crippen LogP contribution < -0.4 is 5.32 Å². The number of carbonyl (C=O) groups excluding carboxylic acids is 1. The van der Waals surface area contributed by atoms with Gasteiger partial charge in [0.1, 0.15) is 17.2 Å². The predicted molar refractivity (Wildman–Crippen MR) is 84.4 cm³/mol. The molecule has 1 saturated carbocycles. The van der Waals surface area contributed by atoms with Crippen LogP contribution in [0.25, 0.3) is 0 Å². The van der Waals surface area contributed by atoms with E-state index in [2.05, 4.69) is 5.32 Å². The number of amides is 1. The van der Waals surface area contributed by atoms with Crippen molar-refractivity contribution in [1.82, 2.24) is 0 Å². The second-order valence-corrected chi connectivity index (χ2v) is 5.95. The number of benzene rings is 2. The van der Waals surface area contributed by atoms with E-state index >= 15 is 0 Å². The number of aromatic hydroxyl groups is 1. The van der Waals surface area contributed by atoms with E-state index in [4.69, 9.17) is 0 Å². The highest BCUT2D eigenvalue weighted by Crippen LogP contribution is 2.47. The Morgan fingerprint density at radius 2 is 1.91 bits per heavy atom. The van der Waals surface area contributed by atoms with E-state index < -0.39 is 17.3 Å². The molecule has 4 nitrogen and oxygen atoms in total. The fourth-order valence-electron chi connectivity index (χ4n) is 2.81. The highest BCUT2D eigenvalue weighted by Gasteiger charge is 2.46. The molecule has 1 aliphatic carbocycles. The molecule has 0 aromatic heterocycles. The van der Waals surface area contributed by atoms with Gasteiger partial charge in [0.05, 0.1) is 12.1 Å². The Balaban J connectivity index is 1.77. The van der Waals surface area contributed by atoms with Crippen LogP contribution in [0.15, 0.2) is 48.5 Å². The average Bonchev–Trinajstić information content (AvgIpc) is 3.36. The first-order valence-corrected chi connectivity index (χ1v) is 7.55. The number of hydrogen-bond acceptors (Lipinski definition) is 3. The molecule has 1 aliphatic rings. The zero-order valence-corrected chi connectivity index (χ0v) is 12.5. The average molecular weight is 315 g/mol. The Hall–Kier alpha value is -2.40. The van der Waals surface area contributed by atoms with Crippen molar-refractivity contribution in [3.05, 3.63) is 59.9 Å². The van der Waals surface area contributed by atoms with Gasteiger partial charge in [-0.05, 0) is 36.5 Å². The minimum atomic E-state index is -1.24. The van der Waals surface area contributed by atoms with E-state index in [0.717, 1.165) is 18.9 Å². The maximum atomic E-state index is 13.7. The monoisotopic (exact) mass is 315 g/mol. The standard InChI is InChI=1S/C18H18FNO3/c19-15-10-14(21)8-9-16(15)20-17(22)11-18(23,13-6-7-13)12-4-2-1-3-5-12/h1-5,8-10,13,21,23H,6-7,11H2,(H,20,22)/t18-/m0/s1. The normalized spacial score (nSPS) is 16.6. The van der Waals surface area contributed by atoms with Crippen molar-refractivity contribution in [2.75, 3.05) is 5.32 Å². The van der Waals surface area contributed by atoms with Crippen molar-refractivity contribution < 1.29 is 19.4 Å². The summed E-state index contributed by atoms with van der Waals surface area (Å²) < 4.78 is 13.7. The first kappa shape index (κ1) is 15.5. The lowest BCUT2D eigenvalue weighted by molar-refractivity contribution is -0.122. The second kappa shape index (κ2) is 6.01. The number of rotatable bonds is 5. The third-order valence-corrected chi connectivity index (χ3v) is 4.18. The fraction of sp³-hybridized carbons (Fsp3) is 0.278. The van der Waals surface area contributed by atoms with Gasteiger partial charge >= 0.3 is 0 Å². The van der Waals surface area contributed by atoms with E-state index in [1.54, 1.807) is 12.1 Å². The zero-order valence-electron chi connectivity index (χ0n) is 12.5. The first-order valence-electron chi connectivity index (χ1n) is 7.55. The van der Waals surface area contributed by atoms with Gasteiger partial charge in [-0.2, -0.15) is 0 Å². The van der Waals surface area contributed by atoms with E-state index in [1.807, 2.05) is 18.2 Å². The van der Waals surface area contributed by atoms with E-state index in [9.17, 15) is 19.4 Å². The molecule has 3 rings (SSSR count). The van der Waals surface area contributed by atoms with Crippen LogP contribution in [0.3, 0.4) is 0 Å². The van der Waals surface area contributed by atoms with Crippen LogP contribution in [-0.4, -0.2) is 16.1 Å². The molecule has 5 heteroatoms. The summed E-state index contributed by atoms with van der Waals surface area (Å²) in [5.41, 5.74) is -0.554. The second-order valence-electron chi connectivity index (χ2n) is 5.95. The minimum absolute atomic E-state index is 0.0148. The smallest absolute Gasteiger partial charge is 0.227 e. The van der Waals surface area contributed by atoms with Crippen molar-refractivity contribution in [2.45, 2.75) is 24.9 Å². The van der Waals surface area contributed by atoms with Gasteiger partial charge in [0, 0.05) is 6.07 Å². The molecule has 23 heavy (non-hydrogen) atoms. The topological polar surface area (TPSA) is 69.6 Å². The number of phenolic OH excluding ortho intramolecular Hbond substituents is 1. The number of halogens is 1. The van der Waals surface area contributed by atoms with Gasteiger partial charge in [-0.25, -0.2) is 4.39 Å². The molecule has 0 saturated heterocycles. The molecule has 0 spiro atoms. The van der Waals surface area contributed by atoms with Crippen LogP contribution in [-0.2, 0) is 10.4 Å². The fourth-order valence-corrected chi connectivity index (χ4v) is 2.81. The minimum Gasteiger partial charge on any atom is -0.508 e. The molecule has 0 heterocycles. The molecule has 120 valence electrons. The lowest BCUT2D eigenvalue weighted by Crippen LogP contribution is -2.33. The zero-order chi connectivity index (χ0) is 16.4. The molecule has 2 aromatic carbocycles. The summed E-state index contributed by atoms with van der Waals surface area (Å²) in [6.07, 6.45) is 1.60. The third kappa shape index (κ3) is 3.35. The predicted octanol–water partition coefficient (Wildman–Crippen LogP) is 3.16. The van der Waals surface area contributed by atoms with Gasteiger partial charge < -0.3 is 15.5 Å². The summed E-state index contributed by atoms with van der Waals surface area (Å²) in [5, 5.41) is 22.6. The summed E-state index contributed by atoms with van der Waals surface area (Å²) in [4.78, 5) is 12.3. The number of carbonyl (C=O) groups is 1. The molecule has 2 aromatic rings. The summed E-state index contributed by atoms with van der Waals surface area (Å²) in [6, 6.07) is 12.6. The Bertz CT molecular complexity index is 715. The Morgan fingerprint density at radius 1 is 1.22 bits per heavy atom. The van der Waals surface area contributed by atoms with E-state index in [-0.39, 0.29) is 23.8 Å². The van der Waals surface area contributed by atoms with Crippen molar-refractivity contribution >= 4 is 11.6 Å². The highest BCUT2D eigenvalue weighted by atomic mass is 19.1. The Labute approximate surface area is 133 Å². The van der Waals surface area contributed by atoms with Crippen LogP contribution >= 0.6 is 0 Å². The van der Waals surface area contributed by atoms with E-state index in [0.29, 0.717) is 5.56 Å². The molecule has 0 aliphatic heterocycles. The van der Waals surface area contributed by atoms with Crippen molar-refractivity contribution in [2.24, 2.45) is 5.92 Å². The molecular formula is C18H18FNO3. The van der Waals surface area contributed by atoms with Crippen LogP contribution in [0.4, 0.5) is 10.1 Å². The summed E-state index contributed by atoms with van der Waals surface area (Å²) in [5.74, 6) is -1.35. The largest absolute Gasteiger partial charge is 0.508 e. The van der Waals surface area contributed by atoms with Gasteiger partial charge in [0.2, 0.25) is 5.91 Å². The van der Waals surface area contributed by atoms with Gasteiger partial charge in [-0.3, -0.25) is 4.79 Å². The number of nitrogens with one attached hydrogen (secondary N) is 1. The van der Waals surface area contributed by atoms with Crippen LogP contribution in [0.2, 0.25) is 0 Å². The van der Waals surface area contributed by atoms with Gasteiger partial charge in [0.15, 0.2) is 0 Å². The molecule has 1 amide bonds. The van der Waals surface area contributed by atoms with E-state index in [1.165, 1.54) is 12.1 Å². The van der Waals surface area contributed by atoms with Gasteiger partial charge in [0.25, 0.3) is 0 Å². The lowest BCUT2D eigenvalue weighted by atomic mass is 9.85. The van der Waals surface area contributed by atoms with Crippen LogP contribution in [0.5, 0.6) is 5.75 Å². The van der Waals surface area contributed by atoms with Gasteiger partial charge in [-0.1, -0.05) is 30.3 Å². The number of hydrogen-bond donors (Lipinski definition) is 3. The Kier molecular flexibility index (Phi) is 4.05. The number of anilines is 1. The molecule has 0 unspecified atom stereocenters. The SMILES string of the molecule is O=C(C[C@](O)(c1ccccc1)C1CC1)Nc1ccc(O)cc1F. The third-order valence-electron chi connectivity index (χ3n) is 4.18. The molecule has 1 fully saturated rings. The van der Waals surface area contributed by atoms with Crippen molar-refractivity contribution in [3.8, 4) is 5.75 Å². The quantitative estimate of drug-likeness (QED) is 0.742. The number of phenols is 1. The van der Waals surface area contributed by atoms with Crippen LogP contribution in [0.1, 0.15) is 24.8 Å². The summed E-state index contributed by atoms with van der Waals surface area (Å²) in [7, 11) is 0. The number of aliphatic hydroxyl groups is 1. The van der Waals surface area contributed by atoms with Crippen LogP contribution in [0, 0.1) is 11.7 Å². The van der Waals surface area contributed by atoms with Crippen molar-refractivity contribution in [1.29, 1.82) is 0 Å². The molecule has 0 bridgehead atoms. The molecule has 1 atom stereocenters. The first-order chi connectivity index (χ1) is 11.0. The lowest BCUT2D eigenvalue weighted by Gasteiger charge is -2.28. The Morgan fingerprint density at radius 3 is 2.52 bits per heavy atom. The molecule has 3 N–H and O–H groups in total. The molecular weight excluding hydrogens is 297 g/mol.